The molecule has 1 nitrogen and oxygen atoms in total. The summed E-state index contributed by atoms with van der Waals surface area (Å²) in [5.74, 6) is 2.61. The molecule has 1 N–H and O–H groups in total. The van der Waals surface area contributed by atoms with Crippen LogP contribution in [-0.4, -0.2) is 24.6 Å². The normalized spacial score (nSPS) is 12.9. The van der Waals surface area contributed by atoms with Crippen LogP contribution in [0.25, 0.3) is 0 Å². The van der Waals surface area contributed by atoms with Gasteiger partial charge in [-0.3, -0.25) is 0 Å². The van der Waals surface area contributed by atoms with Crippen LogP contribution in [0.1, 0.15) is 65.2 Å². The monoisotopic (exact) mass is 245 g/mol. The molecule has 0 spiro atoms. The second-order valence-electron chi connectivity index (χ2n) is 4.62. The third-order valence-electron chi connectivity index (χ3n) is 2.98. The Morgan fingerprint density at radius 3 is 2.25 bits per heavy atom. The molecule has 0 heterocycles. The third-order valence-corrected chi connectivity index (χ3v) is 4.32. The molecule has 1 unspecified atom stereocenters. The van der Waals surface area contributed by atoms with Gasteiger partial charge in [0.25, 0.3) is 0 Å². The quantitative estimate of drug-likeness (QED) is 0.509. The summed E-state index contributed by atoms with van der Waals surface area (Å²) in [4.78, 5) is 0. The summed E-state index contributed by atoms with van der Waals surface area (Å²) in [5.41, 5.74) is 0. The first-order valence-corrected chi connectivity index (χ1v) is 8.25. The van der Waals surface area contributed by atoms with Gasteiger partial charge in [0.05, 0.1) is 0 Å². The lowest BCUT2D eigenvalue weighted by Gasteiger charge is -2.15. The van der Waals surface area contributed by atoms with Crippen LogP contribution >= 0.6 is 11.8 Å². The molecule has 0 bridgehead atoms. The van der Waals surface area contributed by atoms with Crippen LogP contribution < -0.4 is 5.32 Å². The predicted molar refractivity (Wildman–Crippen MR) is 78.5 cm³/mol. The Morgan fingerprint density at radius 1 is 0.938 bits per heavy atom. The molecule has 0 saturated heterocycles. The Hall–Kier alpha value is 0.310. The molecule has 0 radical (unpaired) electrons. The lowest BCUT2D eigenvalue weighted by molar-refractivity contribution is 0.514. The van der Waals surface area contributed by atoms with Gasteiger partial charge < -0.3 is 5.32 Å². The summed E-state index contributed by atoms with van der Waals surface area (Å²) in [5, 5.41) is 3.44. The van der Waals surface area contributed by atoms with Gasteiger partial charge in [-0.2, -0.15) is 11.8 Å². The molecule has 0 aliphatic rings. The Kier molecular flexibility index (Phi) is 13.6. The van der Waals surface area contributed by atoms with Crippen molar-refractivity contribution < 1.29 is 0 Å². The lowest BCUT2D eigenvalue weighted by Crippen LogP contribution is -2.27. The Balaban J connectivity index is 3.26. The highest BCUT2D eigenvalue weighted by Gasteiger charge is 2.04. The SMILES string of the molecule is CCCCCCCCC(CSCCC)NC. The molecule has 0 aliphatic carbocycles. The van der Waals surface area contributed by atoms with Crippen molar-refractivity contribution in [3.63, 3.8) is 0 Å². The van der Waals surface area contributed by atoms with Crippen LogP contribution in [0, 0.1) is 0 Å². The first kappa shape index (κ1) is 16.3. The van der Waals surface area contributed by atoms with Crippen molar-refractivity contribution in [3.8, 4) is 0 Å². The van der Waals surface area contributed by atoms with Crippen LogP contribution in [0.5, 0.6) is 0 Å². The Bertz CT molecular complexity index is 128. The molecule has 0 rings (SSSR count). The molecular formula is C14H31NS. The summed E-state index contributed by atoms with van der Waals surface area (Å²) in [7, 11) is 2.11. The van der Waals surface area contributed by atoms with Gasteiger partial charge in [0.1, 0.15) is 0 Å². The van der Waals surface area contributed by atoms with Gasteiger partial charge in [-0.25, -0.2) is 0 Å². The van der Waals surface area contributed by atoms with Crippen molar-refractivity contribution in [2.75, 3.05) is 18.6 Å². The first-order valence-electron chi connectivity index (χ1n) is 7.10. The number of nitrogens with one attached hydrogen (secondary N) is 1. The highest BCUT2D eigenvalue weighted by atomic mass is 32.2. The fourth-order valence-electron chi connectivity index (χ4n) is 1.85. The van der Waals surface area contributed by atoms with Crippen LogP contribution in [-0.2, 0) is 0 Å². The van der Waals surface area contributed by atoms with E-state index >= 15 is 0 Å². The molecule has 98 valence electrons. The second-order valence-corrected chi connectivity index (χ2v) is 5.77. The molecule has 1 atom stereocenters. The Morgan fingerprint density at radius 2 is 1.62 bits per heavy atom. The van der Waals surface area contributed by atoms with Gasteiger partial charge in [0.15, 0.2) is 0 Å². The fraction of sp³-hybridized carbons (Fsp3) is 1.00. The van der Waals surface area contributed by atoms with Crippen LogP contribution in [0.2, 0.25) is 0 Å². The maximum Gasteiger partial charge on any atom is 0.0155 e. The minimum Gasteiger partial charge on any atom is -0.316 e. The summed E-state index contributed by atoms with van der Waals surface area (Å²) in [6.45, 7) is 4.54. The van der Waals surface area contributed by atoms with Crippen molar-refractivity contribution in [3.05, 3.63) is 0 Å². The van der Waals surface area contributed by atoms with E-state index in [1.807, 2.05) is 0 Å². The van der Waals surface area contributed by atoms with E-state index < -0.39 is 0 Å². The first-order chi connectivity index (χ1) is 7.85. The third kappa shape index (κ3) is 10.8. The number of rotatable bonds is 12. The smallest absolute Gasteiger partial charge is 0.0155 e. The molecule has 0 aromatic rings. The van der Waals surface area contributed by atoms with E-state index in [9.17, 15) is 0 Å². The number of hydrogen-bond acceptors (Lipinski definition) is 2. The summed E-state index contributed by atoms with van der Waals surface area (Å²) in [6.07, 6.45) is 11.1. The fourth-order valence-corrected chi connectivity index (χ4v) is 2.93. The average Bonchev–Trinajstić information content (AvgIpc) is 2.31. The van der Waals surface area contributed by atoms with E-state index in [1.54, 1.807) is 0 Å². The van der Waals surface area contributed by atoms with E-state index in [0.29, 0.717) is 0 Å². The van der Waals surface area contributed by atoms with Gasteiger partial charge >= 0.3 is 0 Å². The second kappa shape index (κ2) is 13.4. The number of unbranched alkanes of at least 4 members (excludes halogenated alkanes) is 5. The maximum absolute atomic E-state index is 3.44. The minimum atomic E-state index is 0.739. The topological polar surface area (TPSA) is 12.0 Å². The summed E-state index contributed by atoms with van der Waals surface area (Å²) < 4.78 is 0. The predicted octanol–water partition coefficient (Wildman–Crippen LogP) is 4.47. The highest BCUT2D eigenvalue weighted by Crippen LogP contribution is 2.12. The van der Waals surface area contributed by atoms with Crippen molar-refractivity contribution >= 4 is 11.8 Å². The zero-order valence-corrected chi connectivity index (χ0v) is 12.4. The summed E-state index contributed by atoms with van der Waals surface area (Å²) in [6, 6.07) is 0.739. The maximum atomic E-state index is 3.44. The van der Waals surface area contributed by atoms with Gasteiger partial charge in [0, 0.05) is 11.8 Å². The van der Waals surface area contributed by atoms with E-state index in [2.05, 4.69) is 38.0 Å². The zero-order valence-electron chi connectivity index (χ0n) is 11.6. The minimum absolute atomic E-state index is 0.739. The van der Waals surface area contributed by atoms with Gasteiger partial charge in [-0.1, -0.05) is 52.4 Å². The van der Waals surface area contributed by atoms with E-state index in [1.165, 1.54) is 62.9 Å². The van der Waals surface area contributed by atoms with Crippen molar-refractivity contribution in [2.45, 2.75) is 71.3 Å². The van der Waals surface area contributed by atoms with Crippen molar-refractivity contribution in [1.29, 1.82) is 0 Å². The Labute approximate surface area is 107 Å². The van der Waals surface area contributed by atoms with Crippen LogP contribution in [0.4, 0.5) is 0 Å². The standard InChI is InChI=1S/C14H31NS/c1-4-6-7-8-9-10-11-14(15-3)13-16-12-5-2/h14-15H,4-13H2,1-3H3. The molecule has 0 aromatic heterocycles. The average molecular weight is 245 g/mol. The van der Waals surface area contributed by atoms with Crippen molar-refractivity contribution in [1.82, 2.24) is 5.32 Å². The summed E-state index contributed by atoms with van der Waals surface area (Å²) >= 11 is 2.10. The molecule has 2 heteroatoms. The van der Waals surface area contributed by atoms with Gasteiger partial charge in [-0.05, 0) is 25.6 Å². The van der Waals surface area contributed by atoms with Crippen molar-refractivity contribution in [2.24, 2.45) is 0 Å². The zero-order chi connectivity index (χ0) is 12.1. The molecule has 0 saturated carbocycles. The lowest BCUT2D eigenvalue weighted by atomic mass is 10.1. The van der Waals surface area contributed by atoms with Crippen LogP contribution in [0.3, 0.4) is 0 Å². The molecular weight excluding hydrogens is 214 g/mol. The van der Waals surface area contributed by atoms with Crippen LogP contribution in [0.15, 0.2) is 0 Å². The van der Waals surface area contributed by atoms with Gasteiger partial charge in [0.2, 0.25) is 0 Å². The molecule has 0 aromatic carbocycles. The number of thioether (sulfide) groups is 1. The van der Waals surface area contributed by atoms with Gasteiger partial charge in [-0.15, -0.1) is 0 Å². The molecule has 0 aliphatic heterocycles. The highest BCUT2D eigenvalue weighted by molar-refractivity contribution is 7.99. The molecule has 0 amide bonds. The number of hydrogen-bond donors (Lipinski definition) is 1. The molecule has 0 fully saturated rings. The van der Waals surface area contributed by atoms with E-state index in [0.717, 1.165) is 6.04 Å². The molecule has 16 heavy (non-hydrogen) atoms. The van der Waals surface area contributed by atoms with E-state index in [-0.39, 0.29) is 0 Å². The van der Waals surface area contributed by atoms with E-state index in [4.69, 9.17) is 0 Å². The largest absolute Gasteiger partial charge is 0.316 e.